The molecule has 3 aliphatic heterocycles. The minimum absolute atomic E-state index is 0.0100. The highest BCUT2D eigenvalue weighted by atomic mass is 16.5. The van der Waals surface area contributed by atoms with Crippen LogP contribution < -0.4 is 14.0 Å². The van der Waals surface area contributed by atoms with Gasteiger partial charge in [-0.1, -0.05) is 66.3 Å². The molecule has 0 radical (unpaired) electrons. The Morgan fingerprint density at radius 3 is 2.14 bits per heavy atom. The maximum absolute atomic E-state index is 6.95. The lowest BCUT2D eigenvalue weighted by Crippen LogP contribution is -2.67. The van der Waals surface area contributed by atoms with E-state index >= 15 is 0 Å². The molecule has 6 rings (SSSR count). The van der Waals surface area contributed by atoms with Crippen LogP contribution in [0.4, 0.5) is 11.4 Å². The van der Waals surface area contributed by atoms with E-state index in [2.05, 4.69) is 127 Å². The van der Waals surface area contributed by atoms with Gasteiger partial charge in [-0.15, -0.1) is 0 Å². The van der Waals surface area contributed by atoms with Crippen molar-refractivity contribution < 1.29 is 9.41 Å². The zero-order chi connectivity index (χ0) is 26.3. The summed E-state index contributed by atoms with van der Waals surface area (Å²) in [5.74, 6) is 1.93. The van der Waals surface area contributed by atoms with Crippen LogP contribution in [0.3, 0.4) is 0 Å². The zero-order valence-corrected chi connectivity index (χ0v) is 23.3. The molecule has 37 heavy (non-hydrogen) atoms. The number of aromatic nitrogens is 1. The van der Waals surface area contributed by atoms with Crippen LogP contribution in [0.15, 0.2) is 79.0 Å². The van der Waals surface area contributed by atoms with Crippen molar-refractivity contribution in [3.8, 4) is 22.8 Å². The highest BCUT2D eigenvalue weighted by Gasteiger charge is 2.61. The van der Waals surface area contributed by atoms with E-state index in [1.54, 1.807) is 0 Å². The van der Waals surface area contributed by atoms with E-state index in [0.717, 1.165) is 24.5 Å². The SMILES string of the molecule is C=C1CC[N+]23c4c(cc(C(C)(C)C)cc4/C1=C/C=C\C)Oc1cc(C(C)(C)C)cc(c12)-c1cccc[n+]13. The molecule has 3 aliphatic rings. The summed E-state index contributed by atoms with van der Waals surface area (Å²) in [5, 5.41) is 0. The van der Waals surface area contributed by atoms with Crippen LogP contribution in [0.2, 0.25) is 0 Å². The number of benzene rings is 2. The molecule has 3 nitrogen and oxygen atoms in total. The minimum Gasteiger partial charge on any atom is -0.444 e. The number of fused-ring (bicyclic) bond motifs is 2. The van der Waals surface area contributed by atoms with Crippen molar-refractivity contribution in [1.82, 2.24) is 4.59 Å². The summed E-state index contributed by atoms with van der Waals surface area (Å²) in [6, 6.07) is 15.9. The number of quaternary nitrogens is 1. The first-order valence-electron chi connectivity index (χ1n) is 13.4. The smallest absolute Gasteiger partial charge is 0.279 e. The van der Waals surface area contributed by atoms with Gasteiger partial charge in [0.1, 0.15) is 12.1 Å². The Morgan fingerprint density at radius 1 is 0.892 bits per heavy atom. The molecule has 1 aromatic heterocycles. The van der Waals surface area contributed by atoms with Gasteiger partial charge in [-0.2, -0.15) is 0 Å². The van der Waals surface area contributed by atoms with Gasteiger partial charge in [-0.25, -0.2) is 0 Å². The quantitative estimate of drug-likeness (QED) is 0.246. The van der Waals surface area contributed by atoms with Gasteiger partial charge >= 0.3 is 0 Å². The molecule has 1 atom stereocenters. The Kier molecular flexibility index (Phi) is 5.04. The van der Waals surface area contributed by atoms with Crippen LogP contribution in [0.1, 0.15) is 71.6 Å². The number of nitrogens with zero attached hydrogens (tertiary/aromatic N) is 2. The predicted octanol–water partition coefficient (Wildman–Crippen LogP) is 8.68. The second kappa shape index (κ2) is 7.79. The lowest BCUT2D eigenvalue weighted by atomic mass is 9.83. The molecule has 0 saturated carbocycles. The minimum atomic E-state index is -0.0200. The third kappa shape index (κ3) is 3.33. The summed E-state index contributed by atoms with van der Waals surface area (Å²) in [6.45, 7) is 21.2. The molecule has 3 aromatic rings. The zero-order valence-electron chi connectivity index (χ0n) is 23.3. The van der Waals surface area contributed by atoms with Crippen molar-refractivity contribution in [3.63, 3.8) is 0 Å². The molecule has 2 aromatic carbocycles. The molecule has 3 heteroatoms. The Labute approximate surface area is 221 Å². The second-order valence-corrected chi connectivity index (χ2v) is 12.7. The average molecular weight is 491 g/mol. The van der Waals surface area contributed by atoms with Crippen molar-refractivity contribution in [2.75, 3.05) is 6.54 Å². The van der Waals surface area contributed by atoms with Crippen molar-refractivity contribution in [2.24, 2.45) is 0 Å². The fraction of sp³-hybridized carbons (Fsp3) is 0.324. The van der Waals surface area contributed by atoms with Gasteiger partial charge in [-0.3, -0.25) is 0 Å². The molecule has 0 aliphatic carbocycles. The van der Waals surface area contributed by atoms with Crippen LogP contribution in [0, 0.1) is 0 Å². The Morgan fingerprint density at radius 2 is 1.51 bits per heavy atom. The molecule has 0 bridgehead atoms. The van der Waals surface area contributed by atoms with E-state index in [1.807, 2.05) is 0 Å². The van der Waals surface area contributed by atoms with Crippen LogP contribution in [-0.2, 0) is 10.8 Å². The maximum Gasteiger partial charge on any atom is 0.279 e. The average Bonchev–Trinajstić information content (AvgIpc) is 3.05. The number of allylic oxidation sites excluding steroid dienone is 4. The van der Waals surface area contributed by atoms with Crippen molar-refractivity contribution in [2.45, 2.75) is 65.7 Å². The van der Waals surface area contributed by atoms with E-state index in [-0.39, 0.29) is 10.8 Å². The summed E-state index contributed by atoms with van der Waals surface area (Å²) < 4.78 is 10.0. The van der Waals surface area contributed by atoms with E-state index in [1.165, 1.54) is 50.5 Å². The molecule has 1 unspecified atom stereocenters. The molecule has 0 saturated heterocycles. The monoisotopic (exact) mass is 490 g/mol. The number of hydrogen-bond acceptors (Lipinski definition) is 1. The van der Waals surface area contributed by atoms with Gasteiger partial charge in [0.2, 0.25) is 11.9 Å². The molecule has 188 valence electrons. The third-order valence-electron chi connectivity index (χ3n) is 8.19. The van der Waals surface area contributed by atoms with Crippen molar-refractivity contribution >= 4 is 16.9 Å². The molecule has 1 spiro atoms. The maximum atomic E-state index is 6.95. The van der Waals surface area contributed by atoms with Crippen LogP contribution >= 0.6 is 0 Å². The van der Waals surface area contributed by atoms with E-state index < -0.39 is 0 Å². The first-order valence-corrected chi connectivity index (χ1v) is 13.4. The Hall–Kier alpha value is -3.43. The first kappa shape index (κ1) is 23.9. The van der Waals surface area contributed by atoms with Crippen LogP contribution in [0.5, 0.6) is 11.5 Å². The molecule has 0 N–H and O–H groups in total. The Bertz CT molecular complexity index is 1540. The lowest BCUT2D eigenvalue weighted by molar-refractivity contribution is -0.780. The topological polar surface area (TPSA) is 13.1 Å². The van der Waals surface area contributed by atoms with E-state index in [0.29, 0.717) is 4.59 Å². The van der Waals surface area contributed by atoms with E-state index in [4.69, 9.17) is 4.74 Å². The number of ether oxygens (including phenoxy) is 1. The van der Waals surface area contributed by atoms with Gasteiger partial charge in [0, 0.05) is 18.6 Å². The molecule has 0 fully saturated rings. The summed E-state index contributed by atoms with van der Waals surface area (Å²) in [4.78, 5) is 0. The van der Waals surface area contributed by atoms with Gasteiger partial charge < -0.3 is 4.74 Å². The lowest BCUT2D eigenvalue weighted by Gasteiger charge is -2.34. The largest absolute Gasteiger partial charge is 0.444 e. The third-order valence-corrected chi connectivity index (χ3v) is 8.19. The van der Waals surface area contributed by atoms with Crippen LogP contribution in [-0.4, -0.2) is 6.54 Å². The standard InChI is InChI=1S/C34H38N2O/c1-9-10-13-25-22(2)15-17-36-31-26(25)18-23(33(3,4)5)20-29(31)37-30-21-24(34(6,7)8)19-27(32(30)36)28-14-11-12-16-35(28)36/h9-14,16,18-21H,2,15,17H2,1,3-8H3/q+2/b10-9-,25-13+. The molecular formula is C34H38N2O+2. The van der Waals surface area contributed by atoms with Gasteiger partial charge in [0.15, 0.2) is 11.5 Å². The van der Waals surface area contributed by atoms with Gasteiger partial charge in [-0.05, 0) is 79.6 Å². The summed E-state index contributed by atoms with van der Waals surface area (Å²) in [5.41, 5.74) is 11.1. The normalized spacial score (nSPS) is 20.9. The van der Waals surface area contributed by atoms with Crippen LogP contribution in [0.25, 0.3) is 16.8 Å². The molecule has 4 heterocycles. The van der Waals surface area contributed by atoms with Gasteiger partial charge in [0.25, 0.3) is 11.4 Å². The Balaban J connectivity index is 1.79. The van der Waals surface area contributed by atoms with Crippen molar-refractivity contribution in [1.29, 1.82) is 0 Å². The predicted molar refractivity (Wildman–Crippen MR) is 154 cm³/mol. The molecule has 0 amide bonds. The van der Waals surface area contributed by atoms with Gasteiger partial charge in [0.05, 0.1) is 5.56 Å². The molecular weight excluding hydrogens is 452 g/mol. The number of hydrogen-bond donors (Lipinski definition) is 0. The van der Waals surface area contributed by atoms with E-state index in [9.17, 15) is 0 Å². The summed E-state index contributed by atoms with van der Waals surface area (Å²) >= 11 is 0. The summed E-state index contributed by atoms with van der Waals surface area (Å²) in [6.07, 6.45) is 9.60. The first-order chi connectivity index (χ1) is 17.5. The highest BCUT2D eigenvalue weighted by molar-refractivity contribution is 5.96. The fourth-order valence-electron chi connectivity index (χ4n) is 6.15. The second-order valence-electron chi connectivity index (χ2n) is 12.7. The number of rotatable bonds is 1. The van der Waals surface area contributed by atoms with Crippen molar-refractivity contribution in [3.05, 3.63) is 95.7 Å². The fourth-order valence-corrected chi connectivity index (χ4v) is 6.15. The number of pyridine rings is 1. The highest BCUT2D eigenvalue weighted by Crippen LogP contribution is 2.61. The summed E-state index contributed by atoms with van der Waals surface area (Å²) in [7, 11) is 0.